The van der Waals surface area contributed by atoms with E-state index in [1.54, 1.807) is 0 Å². The highest BCUT2D eigenvalue weighted by atomic mass is 16.3. The van der Waals surface area contributed by atoms with Crippen LogP contribution in [0.5, 0.6) is 0 Å². The summed E-state index contributed by atoms with van der Waals surface area (Å²) >= 11 is 0. The van der Waals surface area contributed by atoms with Crippen LogP contribution in [0.3, 0.4) is 0 Å². The van der Waals surface area contributed by atoms with Gasteiger partial charge in [-0.1, -0.05) is 97.3 Å². The van der Waals surface area contributed by atoms with Crippen molar-refractivity contribution < 1.29 is 5.11 Å². The Morgan fingerprint density at radius 2 is 1.00 bits per heavy atom. The van der Waals surface area contributed by atoms with E-state index in [1.165, 1.54) is 89.9 Å². The first-order valence-electron chi connectivity index (χ1n) is 8.92. The van der Waals surface area contributed by atoms with Gasteiger partial charge in [0.2, 0.25) is 0 Å². The number of unbranched alkanes of at least 4 members (excludes halogenated alkanes) is 12. The number of hydrogen-bond donors (Lipinski definition) is 1. The van der Waals surface area contributed by atoms with Crippen molar-refractivity contribution in [2.75, 3.05) is 6.61 Å². The molecule has 0 aliphatic carbocycles. The second-order valence-corrected chi connectivity index (χ2v) is 6.32. The van der Waals surface area contributed by atoms with Gasteiger partial charge in [0, 0.05) is 6.61 Å². The first-order chi connectivity index (χ1) is 9.31. The quantitative estimate of drug-likeness (QED) is 0.357. The number of aliphatic hydroxyl groups excluding tert-OH is 1. The Kier molecular flexibility index (Phi) is 16.0. The zero-order chi connectivity index (χ0) is 14.2. The molecule has 1 nitrogen and oxygen atoms in total. The van der Waals surface area contributed by atoms with Crippen LogP contribution < -0.4 is 0 Å². The molecule has 0 aliphatic rings. The molecule has 116 valence electrons. The summed E-state index contributed by atoms with van der Waals surface area (Å²) in [6, 6.07) is 0. The fourth-order valence-corrected chi connectivity index (χ4v) is 2.60. The van der Waals surface area contributed by atoms with Gasteiger partial charge in [0.25, 0.3) is 0 Å². The highest BCUT2D eigenvalue weighted by Gasteiger charge is 1.99. The molecule has 0 aliphatic heterocycles. The van der Waals surface area contributed by atoms with E-state index < -0.39 is 0 Å². The zero-order valence-electron chi connectivity index (χ0n) is 13.6. The van der Waals surface area contributed by atoms with E-state index in [0.717, 1.165) is 0 Å². The van der Waals surface area contributed by atoms with Crippen molar-refractivity contribution in [1.29, 1.82) is 0 Å². The maximum Gasteiger partial charge on any atom is 0.0456 e. The van der Waals surface area contributed by atoms with E-state index >= 15 is 0 Å². The largest absolute Gasteiger partial charge is 0.396 e. The highest BCUT2D eigenvalue weighted by Crippen LogP contribution is 2.14. The van der Waals surface area contributed by atoms with Crippen LogP contribution in [0.4, 0.5) is 0 Å². The molecule has 0 saturated carbocycles. The second kappa shape index (κ2) is 16.0. The predicted octanol–water partition coefficient (Wildman–Crippen LogP) is 6.10. The summed E-state index contributed by atoms with van der Waals surface area (Å²) in [4.78, 5) is 0. The molecule has 0 saturated heterocycles. The molecule has 0 amide bonds. The minimum Gasteiger partial charge on any atom is -0.396 e. The van der Waals surface area contributed by atoms with Crippen LogP contribution in [0.2, 0.25) is 0 Å². The van der Waals surface area contributed by atoms with Crippen LogP contribution in [-0.4, -0.2) is 11.7 Å². The summed E-state index contributed by atoms with van der Waals surface area (Å²) < 4.78 is 0. The summed E-state index contributed by atoms with van der Waals surface area (Å²) in [5.41, 5.74) is 0. The molecule has 0 radical (unpaired) electrons. The standard InChI is InChI=1S/C18H38O/c1-3-4-5-6-7-8-9-10-11-12-13-14-15-16-18(2)17-19/h18-19H,3-17H2,1-2H3. The normalized spacial score (nSPS) is 12.8. The van der Waals surface area contributed by atoms with Gasteiger partial charge in [-0.25, -0.2) is 0 Å². The molecule has 0 aromatic heterocycles. The van der Waals surface area contributed by atoms with Gasteiger partial charge in [0.15, 0.2) is 0 Å². The summed E-state index contributed by atoms with van der Waals surface area (Å²) in [6.45, 7) is 4.78. The van der Waals surface area contributed by atoms with Gasteiger partial charge in [-0.05, 0) is 12.3 Å². The van der Waals surface area contributed by atoms with Crippen molar-refractivity contribution in [3.8, 4) is 0 Å². The molecule has 1 N–H and O–H groups in total. The maximum absolute atomic E-state index is 8.93. The van der Waals surface area contributed by atoms with Gasteiger partial charge in [-0.3, -0.25) is 0 Å². The first kappa shape index (κ1) is 19.0. The lowest BCUT2D eigenvalue weighted by Crippen LogP contribution is -1.99. The minimum atomic E-state index is 0.359. The van der Waals surface area contributed by atoms with E-state index in [1.807, 2.05) is 0 Å². The third-order valence-corrected chi connectivity index (χ3v) is 4.11. The fraction of sp³-hybridized carbons (Fsp3) is 1.00. The average Bonchev–Trinajstić information content (AvgIpc) is 2.43. The summed E-state index contributed by atoms with van der Waals surface area (Å²) in [7, 11) is 0. The van der Waals surface area contributed by atoms with E-state index in [-0.39, 0.29) is 0 Å². The molecule has 0 spiro atoms. The zero-order valence-corrected chi connectivity index (χ0v) is 13.6. The summed E-state index contributed by atoms with van der Waals surface area (Å²) in [6.07, 6.45) is 19.6. The third-order valence-electron chi connectivity index (χ3n) is 4.11. The molecule has 0 bridgehead atoms. The molecular weight excluding hydrogens is 232 g/mol. The molecule has 1 atom stereocenters. The van der Waals surface area contributed by atoms with Crippen LogP contribution in [0.1, 0.15) is 104 Å². The smallest absolute Gasteiger partial charge is 0.0456 e. The van der Waals surface area contributed by atoms with Crippen molar-refractivity contribution in [2.24, 2.45) is 5.92 Å². The molecule has 0 heterocycles. The van der Waals surface area contributed by atoms with Gasteiger partial charge < -0.3 is 5.11 Å². The Morgan fingerprint density at radius 1 is 0.632 bits per heavy atom. The number of hydrogen-bond acceptors (Lipinski definition) is 1. The van der Waals surface area contributed by atoms with Gasteiger partial charge in [0.05, 0.1) is 0 Å². The third kappa shape index (κ3) is 15.9. The lowest BCUT2D eigenvalue weighted by molar-refractivity contribution is 0.227. The van der Waals surface area contributed by atoms with Crippen LogP contribution >= 0.6 is 0 Å². The summed E-state index contributed by atoms with van der Waals surface area (Å²) in [5, 5.41) is 8.93. The van der Waals surface area contributed by atoms with Gasteiger partial charge >= 0.3 is 0 Å². The molecule has 0 fully saturated rings. The first-order valence-corrected chi connectivity index (χ1v) is 8.92. The van der Waals surface area contributed by atoms with Crippen molar-refractivity contribution >= 4 is 0 Å². The fourth-order valence-electron chi connectivity index (χ4n) is 2.60. The Labute approximate surface area is 122 Å². The highest BCUT2D eigenvalue weighted by molar-refractivity contribution is 4.52. The van der Waals surface area contributed by atoms with Crippen LogP contribution in [-0.2, 0) is 0 Å². The van der Waals surface area contributed by atoms with Crippen molar-refractivity contribution in [2.45, 2.75) is 104 Å². The molecule has 0 aromatic rings. The topological polar surface area (TPSA) is 20.2 Å². The van der Waals surface area contributed by atoms with Crippen molar-refractivity contribution in [3.05, 3.63) is 0 Å². The summed E-state index contributed by atoms with van der Waals surface area (Å²) in [5.74, 6) is 0.507. The molecule has 1 unspecified atom stereocenters. The van der Waals surface area contributed by atoms with Gasteiger partial charge in [-0.15, -0.1) is 0 Å². The number of rotatable bonds is 15. The lowest BCUT2D eigenvalue weighted by Gasteiger charge is -2.06. The van der Waals surface area contributed by atoms with E-state index in [9.17, 15) is 0 Å². The van der Waals surface area contributed by atoms with E-state index in [2.05, 4.69) is 13.8 Å². The van der Waals surface area contributed by atoms with E-state index in [4.69, 9.17) is 5.11 Å². The Bertz CT molecular complexity index is 156. The maximum atomic E-state index is 8.93. The SMILES string of the molecule is CCCCCCCCCCCCCCCC(C)CO. The molecule has 0 aromatic carbocycles. The van der Waals surface area contributed by atoms with Crippen molar-refractivity contribution in [3.63, 3.8) is 0 Å². The van der Waals surface area contributed by atoms with Gasteiger partial charge in [0.1, 0.15) is 0 Å². The van der Waals surface area contributed by atoms with Crippen LogP contribution in [0, 0.1) is 5.92 Å². The lowest BCUT2D eigenvalue weighted by atomic mass is 10.0. The monoisotopic (exact) mass is 270 g/mol. The average molecular weight is 271 g/mol. The number of aliphatic hydroxyl groups is 1. The molecule has 19 heavy (non-hydrogen) atoms. The molecular formula is C18H38O. The Morgan fingerprint density at radius 3 is 1.37 bits per heavy atom. The molecule has 1 heteroatoms. The van der Waals surface area contributed by atoms with Gasteiger partial charge in [-0.2, -0.15) is 0 Å². The Hall–Kier alpha value is -0.0400. The van der Waals surface area contributed by atoms with E-state index in [0.29, 0.717) is 12.5 Å². The predicted molar refractivity (Wildman–Crippen MR) is 86.6 cm³/mol. The molecule has 0 rings (SSSR count). The van der Waals surface area contributed by atoms with Crippen molar-refractivity contribution in [1.82, 2.24) is 0 Å². The minimum absolute atomic E-state index is 0.359. The van der Waals surface area contributed by atoms with Crippen LogP contribution in [0.15, 0.2) is 0 Å². The second-order valence-electron chi connectivity index (χ2n) is 6.32. The van der Waals surface area contributed by atoms with Crippen LogP contribution in [0.25, 0.3) is 0 Å². The Balaban J connectivity index is 2.95.